The average molecular weight is 467 g/mol. The summed E-state index contributed by atoms with van der Waals surface area (Å²) in [6.45, 7) is 8.52. The molecular formula is C27H38N4O3. The lowest BCUT2D eigenvalue weighted by Crippen LogP contribution is -2.52. The van der Waals surface area contributed by atoms with Crippen LogP contribution in [0.3, 0.4) is 0 Å². The third-order valence-electron chi connectivity index (χ3n) is 6.83. The van der Waals surface area contributed by atoms with Crippen molar-refractivity contribution in [2.75, 3.05) is 6.54 Å². The number of nitrogens with zero attached hydrogens (tertiary/aromatic N) is 2. The van der Waals surface area contributed by atoms with Crippen molar-refractivity contribution in [3.63, 3.8) is 0 Å². The van der Waals surface area contributed by atoms with Crippen LogP contribution in [0.5, 0.6) is 5.88 Å². The van der Waals surface area contributed by atoms with E-state index < -0.39 is 12.1 Å². The molecule has 0 unspecified atom stereocenters. The molecule has 2 aromatic rings. The molecular weight excluding hydrogens is 428 g/mol. The second-order valence-corrected chi connectivity index (χ2v) is 11.2. The van der Waals surface area contributed by atoms with E-state index in [0.717, 1.165) is 36.8 Å². The molecule has 7 heteroatoms. The highest BCUT2D eigenvalue weighted by Gasteiger charge is 2.46. The standard InChI is InChI=1S/C27H38N4O3/c1-18(32)31-22(13-19-6-10-28-11-7-19)24(33)17-29-23-15-27(8-5-9-27)34-25-21(23)12-20(16-30-25)14-26(2,3)4/h6-7,10-12,16,22-24,29,33H,5,8-9,13-15,17H2,1-4H3,(H,31,32)/t22-,23+,24-/m1/s1. The Labute approximate surface area is 202 Å². The van der Waals surface area contributed by atoms with E-state index in [2.05, 4.69) is 42.5 Å². The SMILES string of the molecule is CC(=O)N[C@H](Cc1ccncc1)[C@H](O)CN[C@H]1CC2(CCC2)Oc2ncc(CC(C)(C)C)cc21. The van der Waals surface area contributed by atoms with E-state index in [1.54, 1.807) is 12.4 Å². The normalized spacial score (nSPS) is 20.6. The molecule has 1 amide bonds. The second-order valence-electron chi connectivity index (χ2n) is 11.2. The van der Waals surface area contributed by atoms with Gasteiger partial charge in [0.15, 0.2) is 0 Å². The van der Waals surface area contributed by atoms with Gasteiger partial charge in [-0.1, -0.05) is 20.8 Å². The molecule has 0 saturated heterocycles. The minimum Gasteiger partial charge on any atom is -0.471 e. The fourth-order valence-electron chi connectivity index (χ4n) is 5.07. The number of hydrogen-bond donors (Lipinski definition) is 3. The third kappa shape index (κ3) is 6.13. The molecule has 184 valence electrons. The summed E-state index contributed by atoms with van der Waals surface area (Å²) in [7, 11) is 0. The van der Waals surface area contributed by atoms with E-state index in [-0.39, 0.29) is 23.0 Å². The minimum atomic E-state index is -0.744. The summed E-state index contributed by atoms with van der Waals surface area (Å²) < 4.78 is 6.38. The predicted octanol–water partition coefficient (Wildman–Crippen LogP) is 3.51. The molecule has 2 aliphatic rings. The molecule has 1 spiro atoms. The Kier molecular flexibility index (Phi) is 7.24. The minimum absolute atomic E-state index is 0.0463. The van der Waals surface area contributed by atoms with E-state index in [4.69, 9.17) is 9.72 Å². The number of carbonyl (C=O) groups is 1. The van der Waals surface area contributed by atoms with Crippen molar-refractivity contribution in [3.05, 3.63) is 53.5 Å². The highest BCUT2D eigenvalue weighted by molar-refractivity contribution is 5.73. The lowest BCUT2D eigenvalue weighted by Gasteiger charge is -2.47. The van der Waals surface area contributed by atoms with Crippen molar-refractivity contribution >= 4 is 5.91 Å². The number of ether oxygens (including phenoxy) is 1. The van der Waals surface area contributed by atoms with Gasteiger partial charge >= 0.3 is 0 Å². The van der Waals surface area contributed by atoms with Crippen LogP contribution in [0.1, 0.15) is 76.1 Å². The average Bonchev–Trinajstić information content (AvgIpc) is 2.75. The van der Waals surface area contributed by atoms with Crippen molar-refractivity contribution < 1.29 is 14.6 Å². The molecule has 34 heavy (non-hydrogen) atoms. The number of amides is 1. The number of carbonyl (C=O) groups excluding carboxylic acids is 1. The molecule has 1 aliphatic carbocycles. The molecule has 3 heterocycles. The van der Waals surface area contributed by atoms with Crippen LogP contribution in [0.4, 0.5) is 0 Å². The van der Waals surface area contributed by atoms with Gasteiger partial charge < -0.3 is 20.5 Å². The van der Waals surface area contributed by atoms with Crippen LogP contribution < -0.4 is 15.4 Å². The maximum atomic E-state index is 11.8. The van der Waals surface area contributed by atoms with Gasteiger partial charge in [-0.15, -0.1) is 0 Å². The van der Waals surface area contributed by atoms with Gasteiger partial charge in [-0.05, 0) is 66.8 Å². The molecule has 4 rings (SSSR count). The van der Waals surface area contributed by atoms with Gasteiger partial charge in [0.1, 0.15) is 5.60 Å². The van der Waals surface area contributed by atoms with Crippen LogP contribution in [0.25, 0.3) is 0 Å². The van der Waals surface area contributed by atoms with Gasteiger partial charge in [-0.2, -0.15) is 0 Å². The number of fused-ring (bicyclic) bond motifs is 1. The summed E-state index contributed by atoms with van der Waals surface area (Å²) in [5.41, 5.74) is 3.30. The van der Waals surface area contributed by atoms with Crippen molar-refractivity contribution in [2.45, 2.75) is 90.0 Å². The summed E-state index contributed by atoms with van der Waals surface area (Å²) in [4.78, 5) is 20.6. The Balaban J connectivity index is 1.50. The number of aliphatic hydroxyl groups excluding tert-OH is 1. The first-order chi connectivity index (χ1) is 16.1. The van der Waals surface area contributed by atoms with Crippen molar-refractivity contribution in [1.82, 2.24) is 20.6 Å². The van der Waals surface area contributed by atoms with Crippen LogP contribution in [0.15, 0.2) is 36.8 Å². The summed E-state index contributed by atoms with van der Waals surface area (Å²) >= 11 is 0. The predicted molar refractivity (Wildman–Crippen MR) is 132 cm³/mol. The van der Waals surface area contributed by atoms with Crippen molar-refractivity contribution in [1.29, 1.82) is 0 Å². The number of hydrogen-bond acceptors (Lipinski definition) is 6. The molecule has 3 atom stereocenters. The lowest BCUT2D eigenvalue weighted by atomic mass is 9.73. The Morgan fingerprint density at radius 3 is 2.62 bits per heavy atom. The fraction of sp³-hybridized carbons (Fsp3) is 0.593. The zero-order chi connectivity index (χ0) is 24.3. The molecule has 7 nitrogen and oxygen atoms in total. The number of nitrogens with one attached hydrogen (secondary N) is 2. The van der Waals surface area contributed by atoms with Crippen LogP contribution in [0.2, 0.25) is 0 Å². The zero-order valence-electron chi connectivity index (χ0n) is 20.8. The van der Waals surface area contributed by atoms with Gasteiger partial charge in [-0.25, -0.2) is 4.98 Å². The molecule has 0 radical (unpaired) electrons. The lowest BCUT2D eigenvalue weighted by molar-refractivity contribution is -0.120. The van der Waals surface area contributed by atoms with E-state index in [1.807, 2.05) is 18.3 Å². The highest BCUT2D eigenvalue weighted by atomic mass is 16.5. The Morgan fingerprint density at radius 2 is 2.00 bits per heavy atom. The summed E-state index contributed by atoms with van der Waals surface area (Å²) in [5.74, 6) is 0.560. The number of rotatable bonds is 8. The number of aromatic nitrogens is 2. The van der Waals surface area contributed by atoms with Gasteiger partial charge in [0.2, 0.25) is 11.8 Å². The van der Waals surface area contributed by atoms with Crippen LogP contribution >= 0.6 is 0 Å². The van der Waals surface area contributed by atoms with Crippen LogP contribution in [-0.4, -0.2) is 45.3 Å². The molecule has 2 aromatic heterocycles. The van der Waals surface area contributed by atoms with E-state index in [0.29, 0.717) is 18.8 Å². The smallest absolute Gasteiger partial charge is 0.218 e. The summed E-state index contributed by atoms with van der Waals surface area (Å²) in [6.07, 6.45) is 10.2. The maximum Gasteiger partial charge on any atom is 0.218 e. The first-order valence-electron chi connectivity index (χ1n) is 12.4. The van der Waals surface area contributed by atoms with E-state index in [9.17, 15) is 9.90 Å². The topological polar surface area (TPSA) is 96.4 Å². The fourth-order valence-corrected chi connectivity index (χ4v) is 5.07. The number of aliphatic hydroxyl groups is 1. The molecule has 1 fully saturated rings. The summed E-state index contributed by atoms with van der Waals surface area (Å²) in [6, 6.07) is 5.68. The Morgan fingerprint density at radius 1 is 1.26 bits per heavy atom. The van der Waals surface area contributed by atoms with E-state index >= 15 is 0 Å². The highest BCUT2D eigenvalue weighted by Crippen LogP contribution is 2.48. The summed E-state index contributed by atoms with van der Waals surface area (Å²) in [5, 5.41) is 17.6. The van der Waals surface area contributed by atoms with Crippen LogP contribution in [0, 0.1) is 5.41 Å². The second kappa shape index (κ2) is 10.0. The van der Waals surface area contributed by atoms with Gasteiger partial charge in [0.05, 0.1) is 12.1 Å². The number of pyridine rings is 2. The molecule has 1 aliphatic heterocycles. The first kappa shape index (κ1) is 24.6. The molecule has 1 saturated carbocycles. The van der Waals surface area contributed by atoms with Crippen LogP contribution in [-0.2, 0) is 17.6 Å². The molecule has 0 aromatic carbocycles. The Bertz CT molecular complexity index is 985. The first-order valence-corrected chi connectivity index (χ1v) is 12.4. The monoisotopic (exact) mass is 466 g/mol. The van der Waals surface area contributed by atoms with E-state index in [1.165, 1.54) is 18.9 Å². The van der Waals surface area contributed by atoms with Gasteiger partial charge in [0.25, 0.3) is 0 Å². The van der Waals surface area contributed by atoms with Gasteiger partial charge in [-0.3, -0.25) is 9.78 Å². The maximum absolute atomic E-state index is 11.8. The zero-order valence-corrected chi connectivity index (χ0v) is 20.8. The van der Waals surface area contributed by atoms with Crippen molar-refractivity contribution in [2.24, 2.45) is 5.41 Å². The van der Waals surface area contributed by atoms with Gasteiger partial charge in [0, 0.05) is 50.1 Å². The Hall–Kier alpha value is -2.51. The largest absolute Gasteiger partial charge is 0.471 e. The molecule has 0 bridgehead atoms. The third-order valence-corrected chi connectivity index (χ3v) is 6.83. The quantitative estimate of drug-likeness (QED) is 0.551. The van der Waals surface area contributed by atoms with Crippen molar-refractivity contribution in [3.8, 4) is 5.88 Å². The molecule has 3 N–H and O–H groups in total.